The number of hydrogen-bond acceptors (Lipinski definition) is 2. The van der Waals surface area contributed by atoms with E-state index >= 15 is 0 Å². The fourth-order valence-corrected chi connectivity index (χ4v) is 1.83. The summed E-state index contributed by atoms with van der Waals surface area (Å²) in [5.41, 5.74) is 1.54. The third kappa shape index (κ3) is 3.03. The van der Waals surface area contributed by atoms with Gasteiger partial charge in [0.1, 0.15) is 6.54 Å². The molecule has 2 rings (SSSR count). The molecule has 1 N–H and O–H groups in total. The largest absolute Gasteiger partial charge is 0.324 e. The molecular weight excluding hydrogens is 273 g/mol. The summed E-state index contributed by atoms with van der Waals surface area (Å²) in [6, 6.07) is 6.99. The third-order valence-electron chi connectivity index (χ3n) is 2.46. The molecule has 1 heterocycles. The Bertz CT molecular complexity index is 580. The lowest BCUT2D eigenvalue weighted by Gasteiger charge is -2.09. The van der Waals surface area contributed by atoms with Crippen LogP contribution in [0.4, 0.5) is 5.69 Å². The predicted octanol–water partition coefficient (Wildman–Crippen LogP) is 3.14. The average molecular weight is 284 g/mol. The zero-order chi connectivity index (χ0) is 13.1. The smallest absolute Gasteiger partial charge is 0.246 e. The van der Waals surface area contributed by atoms with Gasteiger partial charge in [0.15, 0.2) is 5.15 Å². The Morgan fingerprint density at radius 3 is 2.83 bits per heavy atom. The Morgan fingerprint density at radius 2 is 2.17 bits per heavy atom. The van der Waals surface area contributed by atoms with Crippen LogP contribution in [0.2, 0.25) is 10.2 Å². The van der Waals surface area contributed by atoms with E-state index in [1.54, 1.807) is 30.5 Å². The van der Waals surface area contributed by atoms with E-state index in [0.717, 1.165) is 5.56 Å². The second-order valence-corrected chi connectivity index (χ2v) is 4.59. The van der Waals surface area contributed by atoms with Crippen molar-refractivity contribution in [2.24, 2.45) is 0 Å². The minimum atomic E-state index is -0.180. The van der Waals surface area contributed by atoms with E-state index in [1.165, 1.54) is 4.68 Å². The Labute approximate surface area is 115 Å². The van der Waals surface area contributed by atoms with Crippen molar-refractivity contribution in [1.29, 1.82) is 0 Å². The highest BCUT2D eigenvalue weighted by Gasteiger charge is 2.08. The molecular formula is C12H11Cl2N3O. The molecule has 4 nitrogen and oxygen atoms in total. The second kappa shape index (κ2) is 5.42. The Morgan fingerprint density at radius 1 is 1.39 bits per heavy atom. The molecule has 1 aromatic carbocycles. The van der Waals surface area contributed by atoms with Gasteiger partial charge in [-0.25, -0.2) is 0 Å². The van der Waals surface area contributed by atoms with Gasteiger partial charge >= 0.3 is 0 Å². The fourth-order valence-electron chi connectivity index (χ4n) is 1.50. The molecule has 0 saturated carbocycles. The Kier molecular flexibility index (Phi) is 3.89. The number of aromatic nitrogens is 2. The fraction of sp³-hybridized carbons (Fsp3) is 0.167. The quantitative estimate of drug-likeness (QED) is 0.941. The topological polar surface area (TPSA) is 46.9 Å². The zero-order valence-electron chi connectivity index (χ0n) is 9.65. The number of rotatable bonds is 3. The molecule has 0 radical (unpaired) electrons. The molecule has 94 valence electrons. The van der Waals surface area contributed by atoms with Crippen LogP contribution in [0.5, 0.6) is 0 Å². The van der Waals surface area contributed by atoms with E-state index in [9.17, 15) is 4.79 Å². The van der Waals surface area contributed by atoms with Gasteiger partial charge in [0.05, 0.1) is 0 Å². The molecule has 1 aromatic heterocycles. The van der Waals surface area contributed by atoms with Crippen LogP contribution >= 0.6 is 23.2 Å². The van der Waals surface area contributed by atoms with Crippen LogP contribution in [0.15, 0.2) is 30.5 Å². The molecule has 0 atom stereocenters. The van der Waals surface area contributed by atoms with Crippen molar-refractivity contribution in [3.8, 4) is 0 Å². The highest BCUT2D eigenvalue weighted by Crippen LogP contribution is 2.22. The van der Waals surface area contributed by atoms with E-state index in [4.69, 9.17) is 23.2 Å². The number of amides is 1. The van der Waals surface area contributed by atoms with E-state index in [-0.39, 0.29) is 12.5 Å². The standard InChI is InChI=1S/C12H11Cl2N3O/c1-8-9(13)3-2-4-10(8)15-12(18)7-17-6-5-11(14)16-17/h2-6H,7H2,1H3,(H,15,18). The van der Waals surface area contributed by atoms with Crippen molar-refractivity contribution < 1.29 is 4.79 Å². The predicted molar refractivity (Wildman–Crippen MR) is 72.1 cm³/mol. The van der Waals surface area contributed by atoms with Gasteiger partial charge < -0.3 is 5.32 Å². The first-order chi connectivity index (χ1) is 8.56. The first-order valence-electron chi connectivity index (χ1n) is 5.30. The maximum absolute atomic E-state index is 11.8. The molecule has 0 bridgehead atoms. The zero-order valence-corrected chi connectivity index (χ0v) is 11.2. The normalized spacial score (nSPS) is 10.4. The molecule has 0 aliphatic carbocycles. The van der Waals surface area contributed by atoms with E-state index < -0.39 is 0 Å². The number of benzene rings is 1. The van der Waals surface area contributed by atoms with E-state index in [1.807, 2.05) is 6.92 Å². The molecule has 0 saturated heterocycles. The molecule has 1 amide bonds. The van der Waals surface area contributed by atoms with Crippen molar-refractivity contribution in [3.63, 3.8) is 0 Å². The first kappa shape index (κ1) is 12.9. The molecule has 0 aliphatic rings. The van der Waals surface area contributed by atoms with Crippen LogP contribution in [0.25, 0.3) is 0 Å². The summed E-state index contributed by atoms with van der Waals surface area (Å²) in [4.78, 5) is 11.8. The van der Waals surface area contributed by atoms with Gasteiger partial charge in [-0.1, -0.05) is 29.3 Å². The number of nitrogens with zero attached hydrogens (tertiary/aromatic N) is 2. The summed E-state index contributed by atoms with van der Waals surface area (Å²) in [7, 11) is 0. The minimum Gasteiger partial charge on any atom is -0.324 e. The van der Waals surface area contributed by atoms with Crippen LogP contribution < -0.4 is 5.32 Å². The van der Waals surface area contributed by atoms with Gasteiger partial charge in [0.2, 0.25) is 5.91 Å². The number of hydrogen-bond donors (Lipinski definition) is 1. The molecule has 0 fully saturated rings. The lowest BCUT2D eigenvalue weighted by molar-refractivity contribution is -0.116. The molecule has 18 heavy (non-hydrogen) atoms. The molecule has 0 unspecified atom stereocenters. The van der Waals surface area contributed by atoms with Crippen LogP contribution in [-0.4, -0.2) is 15.7 Å². The van der Waals surface area contributed by atoms with Crippen molar-refractivity contribution in [1.82, 2.24) is 9.78 Å². The highest BCUT2D eigenvalue weighted by atomic mass is 35.5. The van der Waals surface area contributed by atoms with Crippen LogP contribution in [0, 0.1) is 6.92 Å². The number of carbonyl (C=O) groups is 1. The van der Waals surface area contributed by atoms with Crippen LogP contribution in [0.1, 0.15) is 5.56 Å². The molecule has 6 heteroatoms. The van der Waals surface area contributed by atoms with Crippen molar-refractivity contribution in [3.05, 3.63) is 46.2 Å². The molecule has 2 aromatic rings. The average Bonchev–Trinajstić information content (AvgIpc) is 2.70. The maximum atomic E-state index is 11.8. The maximum Gasteiger partial charge on any atom is 0.246 e. The number of anilines is 1. The van der Waals surface area contributed by atoms with Gasteiger partial charge in [-0.05, 0) is 30.7 Å². The lowest BCUT2D eigenvalue weighted by atomic mass is 10.2. The Hall–Kier alpha value is -1.52. The van der Waals surface area contributed by atoms with Crippen molar-refractivity contribution in [2.75, 3.05) is 5.32 Å². The van der Waals surface area contributed by atoms with Crippen LogP contribution in [-0.2, 0) is 11.3 Å². The number of halogens is 2. The second-order valence-electron chi connectivity index (χ2n) is 3.80. The summed E-state index contributed by atoms with van der Waals surface area (Å²) in [5.74, 6) is -0.180. The third-order valence-corrected chi connectivity index (χ3v) is 3.07. The summed E-state index contributed by atoms with van der Waals surface area (Å²) in [6.45, 7) is 1.96. The summed E-state index contributed by atoms with van der Waals surface area (Å²) in [6.07, 6.45) is 1.65. The van der Waals surface area contributed by atoms with Gasteiger partial charge in [-0.3, -0.25) is 9.48 Å². The van der Waals surface area contributed by atoms with Gasteiger partial charge in [-0.2, -0.15) is 5.10 Å². The first-order valence-corrected chi connectivity index (χ1v) is 6.06. The van der Waals surface area contributed by atoms with E-state index in [0.29, 0.717) is 15.9 Å². The summed E-state index contributed by atoms with van der Waals surface area (Å²) >= 11 is 11.6. The molecule has 0 aliphatic heterocycles. The highest BCUT2D eigenvalue weighted by molar-refractivity contribution is 6.31. The summed E-state index contributed by atoms with van der Waals surface area (Å²) < 4.78 is 1.47. The van der Waals surface area contributed by atoms with Gasteiger partial charge in [0.25, 0.3) is 0 Å². The summed E-state index contributed by atoms with van der Waals surface area (Å²) in [5, 5.41) is 7.69. The van der Waals surface area contributed by atoms with Crippen molar-refractivity contribution >= 4 is 34.8 Å². The molecule has 0 spiro atoms. The Balaban J connectivity index is 2.05. The minimum absolute atomic E-state index is 0.110. The van der Waals surface area contributed by atoms with E-state index in [2.05, 4.69) is 10.4 Å². The van der Waals surface area contributed by atoms with Gasteiger partial charge in [-0.15, -0.1) is 0 Å². The van der Waals surface area contributed by atoms with Crippen LogP contribution in [0.3, 0.4) is 0 Å². The van der Waals surface area contributed by atoms with Gasteiger partial charge in [0, 0.05) is 16.9 Å². The number of carbonyl (C=O) groups excluding carboxylic acids is 1. The number of nitrogens with one attached hydrogen (secondary N) is 1. The SMILES string of the molecule is Cc1c(Cl)cccc1NC(=O)Cn1ccc(Cl)n1. The van der Waals surface area contributed by atoms with Crippen molar-refractivity contribution in [2.45, 2.75) is 13.5 Å². The lowest BCUT2D eigenvalue weighted by Crippen LogP contribution is -2.19. The monoisotopic (exact) mass is 283 g/mol.